The first-order chi connectivity index (χ1) is 8.24. The fourth-order valence-electron chi connectivity index (χ4n) is 1.14. The molecule has 1 aromatic rings. The zero-order valence-corrected chi connectivity index (χ0v) is 14.1. The van der Waals surface area contributed by atoms with Crippen LogP contribution in [0.5, 0.6) is 0 Å². The van der Waals surface area contributed by atoms with Crippen LogP contribution in [0.3, 0.4) is 0 Å². The molecule has 0 unspecified atom stereocenters. The second-order valence-corrected chi connectivity index (χ2v) is 7.27. The molecular weight excluding hydrogens is 347 g/mol. The molecule has 0 atom stereocenters. The molecule has 0 fully saturated rings. The summed E-state index contributed by atoms with van der Waals surface area (Å²) < 4.78 is 96.8. The van der Waals surface area contributed by atoms with Crippen LogP contribution in [-0.2, 0) is 30.4 Å². The van der Waals surface area contributed by atoms with Gasteiger partial charge in [-0.05, 0) is 12.1 Å². The SMILES string of the molecule is Nc1c(S(=O)(=O)[O-])cc(S(=O)(=O)[O-])cc1S(=O)(=O)[O-].[Li+].[Li+].[Li+]. The average Bonchev–Trinajstić information content (AvgIpc) is 2.11. The van der Waals surface area contributed by atoms with E-state index in [1.54, 1.807) is 0 Å². The maximum absolute atomic E-state index is 10.8. The van der Waals surface area contributed by atoms with Crippen LogP contribution in [0, 0.1) is 0 Å². The molecule has 0 aromatic heterocycles. The van der Waals surface area contributed by atoms with Crippen molar-refractivity contribution in [2.75, 3.05) is 5.73 Å². The third kappa shape index (κ3) is 6.57. The first-order valence-electron chi connectivity index (χ1n) is 4.06. The van der Waals surface area contributed by atoms with E-state index in [2.05, 4.69) is 0 Å². The molecule has 0 aliphatic rings. The van der Waals surface area contributed by atoms with Crippen molar-refractivity contribution in [3.8, 4) is 0 Å². The minimum absolute atomic E-state index is 0. The summed E-state index contributed by atoms with van der Waals surface area (Å²) in [7, 11) is -16.1. The second kappa shape index (κ2) is 8.58. The van der Waals surface area contributed by atoms with Crippen molar-refractivity contribution in [2.45, 2.75) is 14.7 Å². The van der Waals surface area contributed by atoms with Gasteiger partial charge < -0.3 is 19.4 Å². The van der Waals surface area contributed by atoms with E-state index in [1.165, 1.54) is 0 Å². The monoisotopic (exact) mass is 351 g/mol. The van der Waals surface area contributed by atoms with E-state index in [0.717, 1.165) is 0 Å². The van der Waals surface area contributed by atoms with Crippen molar-refractivity contribution in [3.63, 3.8) is 0 Å². The molecule has 0 radical (unpaired) electrons. The number of hydrogen-bond acceptors (Lipinski definition) is 10. The summed E-state index contributed by atoms with van der Waals surface area (Å²) in [5.74, 6) is 0. The molecular formula is C6H4Li3NO9S3. The molecule has 108 valence electrons. The summed E-state index contributed by atoms with van der Waals surface area (Å²) in [6.45, 7) is 0. The van der Waals surface area contributed by atoms with Gasteiger partial charge in [0.05, 0.1) is 20.4 Å². The number of benzene rings is 1. The zero-order valence-electron chi connectivity index (χ0n) is 11.6. The Balaban J connectivity index is -0.00000120. The Kier molecular flexibility index (Phi) is 10.7. The Bertz CT molecular complexity index is 794. The minimum atomic E-state index is -5.38. The molecule has 0 amide bonds. The molecule has 1 aromatic carbocycles. The maximum atomic E-state index is 10.8. The van der Waals surface area contributed by atoms with Gasteiger partial charge in [-0.15, -0.1) is 0 Å². The predicted molar refractivity (Wildman–Crippen MR) is 54.7 cm³/mol. The third-order valence-corrected chi connectivity index (χ3v) is 4.47. The Morgan fingerprint density at radius 3 is 1.14 bits per heavy atom. The first-order valence-corrected chi connectivity index (χ1v) is 8.28. The molecule has 10 nitrogen and oxygen atoms in total. The van der Waals surface area contributed by atoms with Crippen molar-refractivity contribution >= 4 is 36.0 Å². The summed E-state index contributed by atoms with van der Waals surface area (Å²) in [5.41, 5.74) is 3.77. The molecule has 22 heavy (non-hydrogen) atoms. The van der Waals surface area contributed by atoms with Crippen LogP contribution < -0.4 is 62.3 Å². The normalized spacial score (nSPS) is 11.6. The van der Waals surface area contributed by atoms with Gasteiger partial charge in [-0.2, -0.15) is 0 Å². The van der Waals surface area contributed by atoms with E-state index >= 15 is 0 Å². The van der Waals surface area contributed by atoms with Crippen LogP contribution in [0.25, 0.3) is 0 Å². The van der Waals surface area contributed by atoms with Crippen LogP contribution in [0.1, 0.15) is 0 Å². The Morgan fingerprint density at radius 1 is 0.682 bits per heavy atom. The smallest absolute Gasteiger partial charge is 0.744 e. The van der Waals surface area contributed by atoms with E-state index in [-0.39, 0.29) is 68.7 Å². The van der Waals surface area contributed by atoms with E-state index in [4.69, 9.17) is 5.73 Å². The van der Waals surface area contributed by atoms with Gasteiger partial charge in [0.25, 0.3) is 0 Å². The zero-order chi connectivity index (χ0) is 15.2. The van der Waals surface area contributed by atoms with Crippen LogP contribution >= 0.6 is 0 Å². The fraction of sp³-hybridized carbons (Fsp3) is 0. The van der Waals surface area contributed by atoms with E-state index in [1.807, 2.05) is 0 Å². The molecule has 0 aliphatic carbocycles. The molecule has 0 saturated heterocycles. The molecule has 0 saturated carbocycles. The quantitative estimate of drug-likeness (QED) is 0.310. The second-order valence-electron chi connectivity index (χ2n) is 3.20. The van der Waals surface area contributed by atoms with E-state index < -0.39 is 50.7 Å². The number of rotatable bonds is 3. The number of anilines is 1. The molecule has 2 N–H and O–H groups in total. The largest absolute Gasteiger partial charge is 1.00 e. The summed E-state index contributed by atoms with van der Waals surface area (Å²) >= 11 is 0. The van der Waals surface area contributed by atoms with Crippen LogP contribution in [-0.4, -0.2) is 38.9 Å². The number of nitrogens with two attached hydrogens (primary N) is 1. The van der Waals surface area contributed by atoms with Crippen LogP contribution in [0.4, 0.5) is 5.69 Å². The van der Waals surface area contributed by atoms with Crippen molar-refractivity contribution in [2.24, 2.45) is 0 Å². The topological polar surface area (TPSA) is 198 Å². The molecule has 0 heterocycles. The molecule has 1 rings (SSSR count). The number of hydrogen-bond donors (Lipinski definition) is 1. The molecule has 0 aliphatic heterocycles. The summed E-state index contributed by atoms with van der Waals surface area (Å²) in [5, 5.41) is 0. The van der Waals surface area contributed by atoms with Crippen molar-refractivity contribution in [1.29, 1.82) is 0 Å². The van der Waals surface area contributed by atoms with Gasteiger partial charge in [0.15, 0.2) is 0 Å². The molecule has 16 heteroatoms. The van der Waals surface area contributed by atoms with Gasteiger partial charge in [0, 0.05) is 0 Å². The van der Waals surface area contributed by atoms with Gasteiger partial charge >= 0.3 is 56.6 Å². The Hall–Kier alpha value is 0.542. The third-order valence-electron chi connectivity index (χ3n) is 1.90. The van der Waals surface area contributed by atoms with Crippen molar-refractivity contribution < 1.29 is 95.5 Å². The summed E-state index contributed by atoms with van der Waals surface area (Å²) in [6.07, 6.45) is 0. The Morgan fingerprint density at radius 2 is 0.955 bits per heavy atom. The van der Waals surface area contributed by atoms with E-state index in [0.29, 0.717) is 0 Å². The van der Waals surface area contributed by atoms with Crippen LogP contribution in [0.15, 0.2) is 26.8 Å². The fourth-order valence-corrected chi connectivity index (χ4v) is 3.17. The van der Waals surface area contributed by atoms with Gasteiger partial charge in [-0.25, -0.2) is 25.3 Å². The molecule has 0 bridgehead atoms. The first kappa shape index (κ1) is 27.4. The van der Waals surface area contributed by atoms with Crippen LogP contribution in [0.2, 0.25) is 0 Å². The van der Waals surface area contributed by atoms with Gasteiger partial charge in [0.2, 0.25) is 0 Å². The minimum Gasteiger partial charge on any atom is -0.744 e. The Labute approximate surface area is 163 Å². The molecule has 0 spiro atoms. The summed E-state index contributed by atoms with van der Waals surface area (Å²) in [4.78, 5) is -4.32. The van der Waals surface area contributed by atoms with Gasteiger partial charge in [0.1, 0.15) is 30.4 Å². The maximum Gasteiger partial charge on any atom is 1.00 e. The number of nitrogen functional groups attached to an aromatic ring is 1. The summed E-state index contributed by atoms with van der Waals surface area (Å²) in [6, 6.07) is 0.184. The average molecular weight is 351 g/mol. The van der Waals surface area contributed by atoms with Crippen molar-refractivity contribution in [1.82, 2.24) is 0 Å². The van der Waals surface area contributed by atoms with Crippen molar-refractivity contribution in [3.05, 3.63) is 12.1 Å². The standard InChI is InChI=1S/C6H7NO9S3.3Li/c7-6-4(18(11,12)13)1-3(17(8,9)10)2-5(6)19(14,15)16;;;/h1-2H,7H2,(H,8,9,10)(H,11,12,13)(H,14,15,16);;;/q;3*+1/p-3. The van der Waals surface area contributed by atoms with Gasteiger partial charge in [-0.3, -0.25) is 0 Å². The van der Waals surface area contributed by atoms with E-state index in [9.17, 15) is 38.9 Å². The predicted octanol–water partition coefficient (Wildman–Crippen LogP) is -11.0. The van der Waals surface area contributed by atoms with Gasteiger partial charge in [-0.1, -0.05) is 0 Å².